The second kappa shape index (κ2) is 7.98. The minimum Gasteiger partial charge on any atom is -0.362 e. The monoisotopic (exact) mass is 305 g/mol. The zero-order valence-corrected chi connectivity index (χ0v) is 13.3. The molecule has 2 N–H and O–H groups in total. The number of unbranched alkanes of at least 4 members (excludes halogenated alkanes) is 2. The second-order valence-electron chi connectivity index (χ2n) is 5.28. The predicted octanol–water partition coefficient (Wildman–Crippen LogP) is 3.29. The molecule has 1 aromatic carbocycles. The van der Waals surface area contributed by atoms with Gasteiger partial charge >= 0.3 is 0 Å². The lowest BCUT2D eigenvalue weighted by Crippen LogP contribution is -2.29. The van der Waals surface area contributed by atoms with E-state index in [0.29, 0.717) is 11.5 Å². The summed E-state index contributed by atoms with van der Waals surface area (Å²) in [6.07, 6.45) is 5.16. The summed E-state index contributed by atoms with van der Waals surface area (Å²) in [5.41, 5.74) is 1.91. The van der Waals surface area contributed by atoms with Crippen LogP contribution in [0, 0.1) is 0 Å². The Balaban J connectivity index is 1.82. The fourth-order valence-electron chi connectivity index (χ4n) is 2.40. The van der Waals surface area contributed by atoms with E-state index in [1.807, 2.05) is 29.2 Å². The number of anilines is 2. The SMILES string of the molecule is CCCCCNC(=S)Nc1ccc(N2CCCC2=O)cc1. The molecule has 1 fully saturated rings. The quantitative estimate of drug-likeness (QED) is 0.625. The van der Waals surface area contributed by atoms with Gasteiger partial charge in [-0.15, -0.1) is 0 Å². The van der Waals surface area contributed by atoms with Crippen LogP contribution in [0.15, 0.2) is 24.3 Å². The fraction of sp³-hybridized carbons (Fsp3) is 0.500. The third kappa shape index (κ3) is 4.70. The Morgan fingerprint density at radius 2 is 2.05 bits per heavy atom. The highest BCUT2D eigenvalue weighted by atomic mass is 32.1. The van der Waals surface area contributed by atoms with E-state index in [2.05, 4.69) is 17.6 Å². The number of carbonyl (C=O) groups is 1. The van der Waals surface area contributed by atoms with Crippen LogP contribution in [0.25, 0.3) is 0 Å². The number of hydrogen-bond donors (Lipinski definition) is 2. The van der Waals surface area contributed by atoms with Crippen LogP contribution >= 0.6 is 12.2 Å². The number of benzene rings is 1. The second-order valence-corrected chi connectivity index (χ2v) is 5.69. The van der Waals surface area contributed by atoms with Gasteiger partial charge in [0, 0.05) is 30.9 Å². The molecule has 5 heteroatoms. The normalized spacial score (nSPS) is 14.3. The van der Waals surface area contributed by atoms with Gasteiger partial charge in [-0.1, -0.05) is 19.8 Å². The molecular weight excluding hydrogens is 282 g/mol. The van der Waals surface area contributed by atoms with E-state index in [1.54, 1.807) is 0 Å². The standard InChI is InChI=1S/C16H23N3OS/c1-2-3-4-11-17-16(21)18-13-7-9-14(10-8-13)19-12-5-6-15(19)20/h7-10H,2-6,11-12H2,1H3,(H2,17,18,21). The number of carbonyl (C=O) groups excluding carboxylic acids is 1. The first-order valence-corrected chi connectivity index (χ1v) is 8.07. The van der Waals surface area contributed by atoms with Gasteiger partial charge in [-0.05, 0) is 49.3 Å². The maximum absolute atomic E-state index is 11.7. The van der Waals surface area contributed by atoms with Crippen LogP contribution < -0.4 is 15.5 Å². The lowest BCUT2D eigenvalue weighted by Gasteiger charge is -2.16. The molecule has 0 radical (unpaired) electrons. The number of nitrogens with one attached hydrogen (secondary N) is 2. The molecule has 0 saturated carbocycles. The van der Waals surface area contributed by atoms with Crippen molar-refractivity contribution in [2.75, 3.05) is 23.3 Å². The van der Waals surface area contributed by atoms with Gasteiger partial charge in [0.05, 0.1) is 0 Å². The van der Waals surface area contributed by atoms with Crippen LogP contribution in [-0.4, -0.2) is 24.1 Å². The molecule has 1 saturated heterocycles. The van der Waals surface area contributed by atoms with Crippen molar-refractivity contribution < 1.29 is 4.79 Å². The van der Waals surface area contributed by atoms with Crippen molar-refractivity contribution in [2.24, 2.45) is 0 Å². The van der Waals surface area contributed by atoms with E-state index < -0.39 is 0 Å². The topological polar surface area (TPSA) is 44.4 Å². The van der Waals surface area contributed by atoms with Gasteiger partial charge < -0.3 is 15.5 Å². The van der Waals surface area contributed by atoms with Gasteiger partial charge in [0.1, 0.15) is 0 Å². The average molecular weight is 305 g/mol. The summed E-state index contributed by atoms with van der Waals surface area (Å²) in [5, 5.41) is 7.01. The smallest absolute Gasteiger partial charge is 0.227 e. The lowest BCUT2D eigenvalue weighted by molar-refractivity contribution is -0.117. The van der Waals surface area contributed by atoms with Gasteiger partial charge in [0.25, 0.3) is 0 Å². The summed E-state index contributed by atoms with van der Waals surface area (Å²) < 4.78 is 0. The average Bonchev–Trinajstić information content (AvgIpc) is 2.91. The highest BCUT2D eigenvalue weighted by molar-refractivity contribution is 7.80. The van der Waals surface area contributed by atoms with Crippen molar-refractivity contribution in [3.05, 3.63) is 24.3 Å². The van der Waals surface area contributed by atoms with Gasteiger partial charge in [0.2, 0.25) is 5.91 Å². The van der Waals surface area contributed by atoms with Crippen LogP contribution in [0.2, 0.25) is 0 Å². The Hall–Kier alpha value is -1.62. The molecule has 0 aromatic heterocycles. The summed E-state index contributed by atoms with van der Waals surface area (Å²) in [5.74, 6) is 0.212. The zero-order valence-electron chi connectivity index (χ0n) is 12.5. The molecule has 1 aliphatic heterocycles. The van der Waals surface area contributed by atoms with E-state index >= 15 is 0 Å². The summed E-state index contributed by atoms with van der Waals surface area (Å²) in [7, 11) is 0. The first-order chi connectivity index (χ1) is 10.2. The number of rotatable bonds is 6. The van der Waals surface area contributed by atoms with Crippen molar-refractivity contribution in [3.8, 4) is 0 Å². The first-order valence-electron chi connectivity index (χ1n) is 7.66. The molecule has 114 valence electrons. The Morgan fingerprint density at radius 3 is 2.67 bits per heavy atom. The summed E-state index contributed by atoms with van der Waals surface area (Å²) in [6.45, 7) is 3.91. The lowest BCUT2D eigenvalue weighted by atomic mass is 10.2. The number of amides is 1. The van der Waals surface area contributed by atoms with Gasteiger partial charge in [-0.2, -0.15) is 0 Å². The van der Waals surface area contributed by atoms with Gasteiger partial charge in [0.15, 0.2) is 5.11 Å². The van der Waals surface area contributed by atoms with Gasteiger partial charge in [-0.25, -0.2) is 0 Å². The molecule has 0 bridgehead atoms. The third-order valence-corrected chi connectivity index (χ3v) is 3.82. The van der Waals surface area contributed by atoms with E-state index in [1.165, 1.54) is 12.8 Å². The largest absolute Gasteiger partial charge is 0.362 e. The fourth-order valence-corrected chi connectivity index (χ4v) is 2.62. The minimum absolute atomic E-state index is 0.212. The molecule has 0 atom stereocenters. The van der Waals surface area contributed by atoms with Crippen molar-refractivity contribution in [3.63, 3.8) is 0 Å². The van der Waals surface area contributed by atoms with Crippen LogP contribution in [0.1, 0.15) is 39.0 Å². The molecule has 0 aliphatic carbocycles. The van der Waals surface area contributed by atoms with E-state index in [9.17, 15) is 4.79 Å². The highest BCUT2D eigenvalue weighted by Gasteiger charge is 2.21. The highest BCUT2D eigenvalue weighted by Crippen LogP contribution is 2.22. The molecule has 1 aromatic rings. The molecule has 0 unspecified atom stereocenters. The molecule has 1 aliphatic rings. The van der Waals surface area contributed by atoms with Crippen LogP contribution in [0.3, 0.4) is 0 Å². The molecule has 4 nitrogen and oxygen atoms in total. The van der Waals surface area contributed by atoms with Crippen LogP contribution in [-0.2, 0) is 4.79 Å². The number of nitrogens with zero attached hydrogens (tertiary/aromatic N) is 1. The predicted molar refractivity (Wildman–Crippen MR) is 91.8 cm³/mol. The maximum atomic E-state index is 11.7. The number of hydrogen-bond acceptors (Lipinski definition) is 2. The van der Waals surface area contributed by atoms with Crippen molar-refractivity contribution in [2.45, 2.75) is 39.0 Å². The molecular formula is C16H23N3OS. The molecule has 0 spiro atoms. The Morgan fingerprint density at radius 1 is 1.29 bits per heavy atom. The summed E-state index contributed by atoms with van der Waals surface area (Å²) in [6, 6.07) is 7.85. The maximum Gasteiger partial charge on any atom is 0.227 e. The molecule has 21 heavy (non-hydrogen) atoms. The van der Waals surface area contributed by atoms with E-state index in [0.717, 1.165) is 37.3 Å². The molecule has 2 rings (SSSR count). The van der Waals surface area contributed by atoms with Crippen molar-refractivity contribution >= 4 is 34.6 Å². The van der Waals surface area contributed by atoms with Crippen molar-refractivity contribution in [1.82, 2.24) is 5.32 Å². The Kier molecular flexibility index (Phi) is 5.99. The van der Waals surface area contributed by atoms with Crippen molar-refractivity contribution in [1.29, 1.82) is 0 Å². The first kappa shape index (κ1) is 15.8. The Labute approximate surface area is 131 Å². The zero-order chi connectivity index (χ0) is 15.1. The molecule has 1 heterocycles. The third-order valence-electron chi connectivity index (χ3n) is 3.58. The van der Waals surface area contributed by atoms with E-state index in [-0.39, 0.29) is 5.91 Å². The summed E-state index contributed by atoms with van der Waals surface area (Å²) in [4.78, 5) is 13.5. The van der Waals surface area contributed by atoms with E-state index in [4.69, 9.17) is 12.2 Å². The van der Waals surface area contributed by atoms with Crippen LogP contribution in [0.5, 0.6) is 0 Å². The number of thiocarbonyl (C=S) groups is 1. The Bertz CT molecular complexity index is 487. The summed E-state index contributed by atoms with van der Waals surface area (Å²) >= 11 is 5.26. The van der Waals surface area contributed by atoms with Crippen LogP contribution in [0.4, 0.5) is 11.4 Å². The molecule has 1 amide bonds. The van der Waals surface area contributed by atoms with Gasteiger partial charge in [-0.3, -0.25) is 4.79 Å². The minimum atomic E-state index is 0.212.